The van der Waals surface area contributed by atoms with Crippen LogP contribution in [0.15, 0.2) is 65.3 Å². The van der Waals surface area contributed by atoms with Crippen molar-refractivity contribution in [3.63, 3.8) is 0 Å². The number of fused-ring (bicyclic) bond motifs is 1. The summed E-state index contributed by atoms with van der Waals surface area (Å²) in [4.78, 5) is 10.1. The molecule has 0 atom stereocenters. The molecule has 0 bridgehead atoms. The van der Waals surface area contributed by atoms with Gasteiger partial charge in [0.05, 0.1) is 5.39 Å². The Hall–Kier alpha value is -2.17. The first-order valence-corrected chi connectivity index (χ1v) is 10.6. The van der Waals surface area contributed by atoms with E-state index in [1.165, 1.54) is 33.2 Å². The highest BCUT2D eigenvalue weighted by Gasteiger charge is 2.14. The minimum Gasteiger partial charge on any atom is -0.229 e. The van der Waals surface area contributed by atoms with Crippen LogP contribution in [0.4, 0.5) is 0 Å². The number of aryl methyl sites for hydroxylation is 3. The van der Waals surface area contributed by atoms with Gasteiger partial charge in [-0.3, -0.25) is 0 Å². The highest BCUT2D eigenvalue weighted by Crippen LogP contribution is 2.38. The Bertz CT molecular complexity index is 1040. The topological polar surface area (TPSA) is 25.8 Å². The van der Waals surface area contributed by atoms with Crippen molar-refractivity contribution in [1.29, 1.82) is 0 Å². The largest absolute Gasteiger partial charge is 0.229 e. The summed E-state index contributed by atoms with van der Waals surface area (Å²) in [5, 5.41) is 4.49. The summed E-state index contributed by atoms with van der Waals surface area (Å²) in [7, 11) is 0. The molecule has 0 saturated carbocycles. The lowest BCUT2D eigenvalue weighted by Crippen LogP contribution is -1.91. The molecule has 130 valence electrons. The lowest BCUT2D eigenvalue weighted by atomic mass is 10.0. The molecular weight excluding hydrogens is 356 g/mol. The second kappa shape index (κ2) is 7.60. The van der Waals surface area contributed by atoms with E-state index in [4.69, 9.17) is 0 Å². The summed E-state index contributed by atoms with van der Waals surface area (Å²) in [5.74, 6) is 1.01. The number of aromatic nitrogens is 2. The van der Waals surface area contributed by atoms with Crippen molar-refractivity contribution >= 4 is 33.3 Å². The number of hydrogen-bond acceptors (Lipinski definition) is 4. The first kappa shape index (κ1) is 17.3. The van der Waals surface area contributed by atoms with Gasteiger partial charge in [0.2, 0.25) is 0 Å². The van der Waals surface area contributed by atoms with Crippen LogP contribution in [0, 0.1) is 13.8 Å². The van der Waals surface area contributed by atoms with Crippen molar-refractivity contribution < 1.29 is 0 Å². The molecule has 0 aliphatic carbocycles. The zero-order chi connectivity index (χ0) is 17.9. The molecule has 2 nitrogen and oxygen atoms in total. The maximum atomic E-state index is 4.59. The number of rotatable bonds is 5. The van der Waals surface area contributed by atoms with Gasteiger partial charge < -0.3 is 0 Å². The summed E-state index contributed by atoms with van der Waals surface area (Å²) in [6, 6.07) is 17.3. The van der Waals surface area contributed by atoms with Crippen LogP contribution in [0.3, 0.4) is 0 Å². The lowest BCUT2D eigenvalue weighted by molar-refractivity contribution is 1.09. The molecule has 4 aromatic rings. The summed E-state index contributed by atoms with van der Waals surface area (Å²) in [5.41, 5.74) is 6.50. The van der Waals surface area contributed by atoms with E-state index in [0.717, 1.165) is 22.0 Å². The van der Waals surface area contributed by atoms with Crippen molar-refractivity contribution in [2.45, 2.75) is 25.3 Å². The highest BCUT2D eigenvalue weighted by atomic mass is 32.2. The molecule has 0 radical (unpaired) electrons. The van der Waals surface area contributed by atoms with Crippen LogP contribution in [0.2, 0.25) is 0 Å². The number of benzene rings is 2. The van der Waals surface area contributed by atoms with Crippen molar-refractivity contribution in [3.05, 3.63) is 76.9 Å². The molecule has 0 spiro atoms. The van der Waals surface area contributed by atoms with Crippen molar-refractivity contribution in [1.82, 2.24) is 9.97 Å². The van der Waals surface area contributed by atoms with Gasteiger partial charge in [0.15, 0.2) is 0 Å². The molecule has 0 aliphatic heterocycles. The van der Waals surface area contributed by atoms with Crippen LogP contribution >= 0.6 is 23.1 Å². The van der Waals surface area contributed by atoms with Gasteiger partial charge in [0.25, 0.3) is 0 Å². The molecule has 0 fully saturated rings. The zero-order valence-corrected chi connectivity index (χ0v) is 16.5. The Morgan fingerprint density at radius 3 is 2.62 bits per heavy atom. The van der Waals surface area contributed by atoms with Crippen LogP contribution in [0.1, 0.15) is 16.7 Å². The molecule has 4 heteroatoms. The van der Waals surface area contributed by atoms with E-state index < -0.39 is 0 Å². The fourth-order valence-electron chi connectivity index (χ4n) is 2.99. The summed E-state index contributed by atoms with van der Waals surface area (Å²) in [6.07, 6.45) is 2.73. The monoisotopic (exact) mass is 376 g/mol. The summed E-state index contributed by atoms with van der Waals surface area (Å²) < 4.78 is 0. The van der Waals surface area contributed by atoms with Crippen LogP contribution in [0.5, 0.6) is 0 Å². The molecular formula is C22H20N2S2. The minimum atomic E-state index is 1.01. The number of hydrogen-bond donors (Lipinski definition) is 0. The molecule has 0 unspecified atom stereocenters. The number of thiophene rings is 1. The Labute approximate surface area is 162 Å². The Morgan fingerprint density at radius 1 is 0.962 bits per heavy atom. The van der Waals surface area contributed by atoms with E-state index in [0.29, 0.717) is 0 Å². The number of nitrogens with zero attached hydrogens (tertiary/aromatic N) is 2. The minimum absolute atomic E-state index is 1.01. The SMILES string of the molecule is Cc1ccc(-c2csc3ncnc(SCCc4ccccc4)c23)cc1C. The molecule has 2 heterocycles. The van der Waals surface area contributed by atoms with Gasteiger partial charge in [-0.25, -0.2) is 9.97 Å². The maximum absolute atomic E-state index is 4.59. The van der Waals surface area contributed by atoms with E-state index in [9.17, 15) is 0 Å². The maximum Gasteiger partial charge on any atom is 0.128 e. The summed E-state index contributed by atoms with van der Waals surface area (Å²) in [6.45, 7) is 4.32. The lowest BCUT2D eigenvalue weighted by Gasteiger charge is -2.07. The smallest absolute Gasteiger partial charge is 0.128 e. The third-order valence-corrected chi connectivity index (χ3v) is 6.50. The Balaban J connectivity index is 1.65. The quantitative estimate of drug-likeness (QED) is 0.301. The predicted molar refractivity (Wildman–Crippen MR) is 113 cm³/mol. The van der Waals surface area contributed by atoms with Crippen LogP contribution in [0.25, 0.3) is 21.3 Å². The predicted octanol–water partition coefficient (Wildman–Crippen LogP) is 6.31. The third kappa shape index (κ3) is 3.53. The molecule has 4 rings (SSSR count). The summed E-state index contributed by atoms with van der Waals surface area (Å²) >= 11 is 3.52. The molecule has 0 amide bonds. The molecule has 2 aromatic carbocycles. The van der Waals surface area contributed by atoms with Crippen LogP contribution in [-0.4, -0.2) is 15.7 Å². The highest BCUT2D eigenvalue weighted by molar-refractivity contribution is 7.99. The first-order valence-electron chi connectivity index (χ1n) is 8.69. The van der Waals surface area contributed by atoms with Crippen molar-refractivity contribution in [2.75, 3.05) is 5.75 Å². The van der Waals surface area contributed by atoms with Gasteiger partial charge >= 0.3 is 0 Å². The van der Waals surface area contributed by atoms with E-state index in [1.54, 1.807) is 17.7 Å². The average molecular weight is 377 g/mol. The average Bonchev–Trinajstić information content (AvgIpc) is 3.10. The fourth-order valence-corrected chi connectivity index (χ4v) is 4.97. The Morgan fingerprint density at radius 2 is 1.81 bits per heavy atom. The molecule has 26 heavy (non-hydrogen) atoms. The van der Waals surface area contributed by atoms with Gasteiger partial charge in [0, 0.05) is 16.7 Å². The number of thioether (sulfide) groups is 1. The van der Waals surface area contributed by atoms with E-state index in [1.807, 2.05) is 11.8 Å². The Kier molecular flexibility index (Phi) is 5.05. The van der Waals surface area contributed by atoms with Gasteiger partial charge in [0.1, 0.15) is 16.2 Å². The molecule has 0 saturated heterocycles. The van der Waals surface area contributed by atoms with Gasteiger partial charge in [-0.05, 0) is 42.5 Å². The molecule has 2 aromatic heterocycles. The van der Waals surface area contributed by atoms with Crippen LogP contribution < -0.4 is 0 Å². The normalized spacial score (nSPS) is 11.2. The van der Waals surface area contributed by atoms with Gasteiger partial charge in [-0.2, -0.15) is 0 Å². The zero-order valence-electron chi connectivity index (χ0n) is 14.9. The van der Waals surface area contributed by atoms with E-state index >= 15 is 0 Å². The second-order valence-corrected chi connectivity index (χ2v) is 8.33. The van der Waals surface area contributed by atoms with E-state index in [2.05, 4.69) is 77.7 Å². The van der Waals surface area contributed by atoms with Gasteiger partial charge in [-0.1, -0.05) is 48.5 Å². The fraction of sp³-hybridized carbons (Fsp3) is 0.182. The van der Waals surface area contributed by atoms with E-state index in [-0.39, 0.29) is 0 Å². The van der Waals surface area contributed by atoms with Gasteiger partial charge in [-0.15, -0.1) is 23.1 Å². The van der Waals surface area contributed by atoms with Crippen LogP contribution in [-0.2, 0) is 6.42 Å². The second-order valence-electron chi connectivity index (χ2n) is 6.39. The van der Waals surface area contributed by atoms with Crippen molar-refractivity contribution in [3.8, 4) is 11.1 Å². The molecule has 0 N–H and O–H groups in total. The third-order valence-electron chi connectivity index (χ3n) is 4.63. The molecule has 0 aliphatic rings. The van der Waals surface area contributed by atoms with Crippen molar-refractivity contribution in [2.24, 2.45) is 0 Å². The first-order chi connectivity index (χ1) is 12.7. The standard InChI is InChI=1S/C22H20N2S2/c1-15-8-9-18(12-16(15)2)19-13-26-22-20(19)21(23-14-24-22)25-11-10-17-6-4-3-5-7-17/h3-9,12-14H,10-11H2,1-2H3.